The third-order valence-electron chi connectivity index (χ3n) is 5.23. The van der Waals surface area contributed by atoms with Gasteiger partial charge in [-0.1, -0.05) is 103 Å². The van der Waals surface area contributed by atoms with Crippen molar-refractivity contribution in [3.63, 3.8) is 0 Å². The number of hydrogen-bond donors (Lipinski definition) is 0. The van der Waals surface area contributed by atoms with Crippen LogP contribution in [0.25, 0.3) is 0 Å². The molecule has 1 aromatic carbocycles. The van der Waals surface area contributed by atoms with Crippen LogP contribution in [0.1, 0.15) is 113 Å². The third kappa shape index (κ3) is 12.9. The number of ether oxygens (including phenoxy) is 2. The van der Waals surface area contributed by atoms with Gasteiger partial charge in [-0.25, -0.2) is 9.59 Å². The molecule has 0 aliphatic heterocycles. The Balaban J connectivity index is 2.56. The van der Waals surface area contributed by atoms with Gasteiger partial charge in [0, 0.05) is 0 Å². The van der Waals surface area contributed by atoms with E-state index in [1.54, 1.807) is 31.2 Å². The molecule has 1 unspecified atom stereocenters. The summed E-state index contributed by atoms with van der Waals surface area (Å²) in [6.45, 7) is 12.3. The van der Waals surface area contributed by atoms with Crippen LogP contribution in [-0.2, 0) is 9.47 Å². The number of carbonyl (C=O) groups is 2. The van der Waals surface area contributed by atoms with Gasteiger partial charge in [-0.3, -0.25) is 0 Å². The van der Waals surface area contributed by atoms with E-state index in [4.69, 9.17) is 9.47 Å². The van der Waals surface area contributed by atoms with Gasteiger partial charge in [-0.15, -0.1) is 0 Å². The predicted octanol–water partition coefficient (Wildman–Crippen LogP) is 7.53. The Labute approximate surface area is 201 Å². The molecule has 4 heteroatoms. The van der Waals surface area contributed by atoms with Gasteiger partial charge in [-0.05, 0) is 43.4 Å². The Morgan fingerprint density at radius 1 is 0.909 bits per heavy atom. The predicted molar refractivity (Wildman–Crippen MR) is 135 cm³/mol. The lowest BCUT2D eigenvalue weighted by molar-refractivity contribution is 0.0360. The topological polar surface area (TPSA) is 52.6 Å². The highest BCUT2D eigenvalue weighted by Crippen LogP contribution is 2.16. The maximum absolute atomic E-state index is 12.8. The first kappa shape index (κ1) is 28.5. The number of allylic oxidation sites excluding steroid dienone is 1. The van der Waals surface area contributed by atoms with Gasteiger partial charge >= 0.3 is 11.9 Å². The van der Waals surface area contributed by atoms with E-state index < -0.39 is 18.0 Å². The van der Waals surface area contributed by atoms with Crippen LogP contribution < -0.4 is 0 Å². The lowest BCUT2D eigenvalue weighted by Gasteiger charge is -2.16. The number of unbranched alkanes of at least 4 members (excludes halogenated alkanes) is 8. The van der Waals surface area contributed by atoms with Crippen LogP contribution in [0.5, 0.6) is 0 Å². The second kappa shape index (κ2) is 17.0. The van der Waals surface area contributed by atoms with E-state index in [-0.39, 0.29) is 11.1 Å². The van der Waals surface area contributed by atoms with Crippen LogP contribution in [0, 0.1) is 17.8 Å². The zero-order chi connectivity index (χ0) is 24.5. The number of rotatable bonds is 15. The van der Waals surface area contributed by atoms with Gasteiger partial charge in [-0.2, -0.15) is 0 Å². The molecule has 0 saturated carbocycles. The van der Waals surface area contributed by atoms with Crippen molar-refractivity contribution in [1.82, 2.24) is 0 Å². The number of esters is 2. The fourth-order valence-electron chi connectivity index (χ4n) is 3.46. The van der Waals surface area contributed by atoms with Gasteiger partial charge in [0.25, 0.3) is 0 Å². The van der Waals surface area contributed by atoms with Gasteiger partial charge in [0.2, 0.25) is 0 Å². The van der Waals surface area contributed by atoms with Crippen LogP contribution in [-0.4, -0.2) is 24.6 Å². The van der Waals surface area contributed by atoms with E-state index in [0.29, 0.717) is 24.5 Å². The molecule has 33 heavy (non-hydrogen) atoms. The first-order valence-electron chi connectivity index (χ1n) is 12.5. The zero-order valence-electron chi connectivity index (χ0n) is 21.1. The first-order chi connectivity index (χ1) is 15.8. The van der Waals surface area contributed by atoms with E-state index >= 15 is 0 Å². The molecule has 0 bridgehead atoms. The number of carbonyl (C=O) groups excluding carboxylic acids is 2. The summed E-state index contributed by atoms with van der Waals surface area (Å²) in [6, 6.07) is 6.63. The maximum Gasteiger partial charge on any atom is 0.340 e. The fraction of sp³-hybridized carbons (Fsp3) is 0.586. The average molecular weight is 455 g/mol. The Bertz CT molecular complexity index is 797. The molecule has 0 spiro atoms. The number of hydrogen-bond acceptors (Lipinski definition) is 4. The molecule has 0 N–H and O–H groups in total. The summed E-state index contributed by atoms with van der Waals surface area (Å²) in [5, 5.41) is 0. The quantitative estimate of drug-likeness (QED) is 0.156. The van der Waals surface area contributed by atoms with E-state index in [9.17, 15) is 9.59 Å². The molecular weight excluding hydrogens is 412 g/mol. The van der Waals surface area contributed by atoms with Crippen LogP contribution in [0.3, 0.4) is 0 Å². The number of benzene rings is 1. The summed E-state index contributed by atoms with van der Waals surface area (Å²) in [6.07, 6.45) is 10.8. The molecule has 0 saturated heterocycles. The summed E-state index contributed by atoms with van der Waals surface area (Å²) in [5.41, 5.74) is 1.15. The van der Waals surface area contributed by atoms with Crippen LogP contribution in [0.4, 0.5) is 0 Å². The molecule has 0 radical (unpaired) electrons. The Morgan fingerprint density at radius 2 is 1.45 bits per heavy atom. The van der Waals surface area contributed by atoms with E-state index in [1.165, 1.54) is 38.5 Å². The molecule has 0 amide bonds. The van der Waals surface area contributed by atoms with E-state index in [1.807, 2.05) is 13.8 Å². The average Bonchev–Trinajstić information content (AvgIpc) is 2.78. The van der Waals surface area contributed by atoms with Gasteiger partial charge in [0.15, 0.2) is 6.10 Å². The van der Waals surface area contributed by atoms with Crippen LogP contribution in [0.15, 0.2) is 36.4 Å². The highest BCUT2D eigenvalue weighted by molar-refractivity contribution is 6.03. The highest BCUT2D eigenvalue weighted by Gasteiger charge is 2.22. The van der Waals surface area contributed by atoms with Crippen molar-refractivity contribution < 1.29 is 19.1 Å². The second-order valence-corrected chi connectivity index (χ2v) is 9.08. The van der Waals surface area contributed by atoms with Crippen molar-refractivity contribution in [3.05, 3.63) is 47.5 Å². The summed E-state index contributed by atoms with van der Waals surface area (Å²) in [7, 11) is 0. The SMILES string of the molecule is C=C(C)C#CC(CC(C)C)OC(=O)c1ccccc1C(=O)OCCCCCCCCCCC. The minimum absolute atomic E-state index is 0.209. The zero-order valence-corrected chi connectivity index (χ0v) is 21.1. The molecule has 0 heterocycles. The molecule has 1 atom stereocenters. The maximum atomic E-state index is 12.8. The normalized spacial score (nSPS) is 11.4. The van der Waals surface area contributed by atoms with Gasteiger partial charge in [0.05, 0.1) is 17.7 Å². The van der Waals surface area contributed by atoms with Crippen molar-refractivity contribution in [2.24, 2.45) is 5.92 Å². The minimum atomic E-state index is -0.563. The Morgan fingerprint density at radius 3 is 2.00 bits per heavy atom. The van der Waals surface area contributed by atoms with Gasteiger partial charge in [0.1, 0.15) is 0 Å². The molecule has 0 aromatic heterocycles. The highest BCUT2D eigenvalue weighted by atomic mass is 16.5. The molecule has 0 fully saturated rings. The molecule has 0 aliphatic carbocycles. The molecule has 1 aromatic rings. The lowest BCUT2D eigenvalue weighted by atomic mass is 10.0. The van der Waals surface area contributed by atoms with Gasteiger partial charge < -0.3 is 9.47 Å². The van der Waals surface area contributed by atoms with Crippen molar-refractivity contribution in [2.75, 3.05) is 6.61 Å². The summed E-state index contributed by atoms with van der Waals surface area (Å²) < 4.78 is 11.1. The monoisotopic (exact) mass is 454 g/mol. The van der Waals surface area contributed by atoms with Crippen LogP contribution in [0.2, 0.25) is 0 Å². The molecule has 4 nitrogen and oxygen atoms in total. The third-order valence-corrected chi connectivity index (χ3v) is 5.23. The molecule has 0 aliphatic rings. The summed E-state index contributed by atoms with van der Waals surface area (Å²) in [4.78, 5) is 25.4. The molecule has 182 valence electrons. The largest absolute Gasteiger partial charge is 0.462 e. The van der Waals surface area contributed by atoms with E-state index in [0.717, 1.165) is 19.3 Å². The van der Waals surface area contributed by atoms with Crippen molar-refractivity contribution in [2.45, 2.75) is 98.0 Å². The Kier molecular flexibility index (Phi) is 14.7. The summed E-state index contributed by atoms with van der Waals surface area (Å²) >= 11 is 0. The smallest absolute Gasteiger partial charge is 0.340 e. The Hall–Kier alpha value is -2.54. The first-order valence-corrected chi connectivity index (χ1v) is 12.5. The van der Waals surface area contributed by atoms with Crippen molar-refractivity contribution in [1.29, 1.82) is 0 Å². The second-order valence-electron chi connectivity index (χ2n) is 9.08. The molecular formula is C29H42O4. The fourth-order valence-corrected chi connectivity index (χ4v) is 3.46. The summed E-state index contributed by atoms with van der Waals surface area (Å²) in [5.74, 6) is 5.11. The van der Waals surface area contributed by atoms with Crippen LogP contribution >= 0.6 is 0 Å². The standard InChI is InChI=1S/C29H42O4/c1-6-7-8-9-10-11-12-13-16-21-32-28(30)26-17-14-15-18-27(26)29(31)33-25(22-24(4)5)20-19-23(2)3/h14-15,17-18,24-25H,2,6-13,16,21-22H2,1,3-5H3. The lowest BCUT2D eigenvalue weighted by Crippen LogP contribution is -2.21. The van der Waals surface area contributed by atoms with Crippen molar-refractivity contribution in [3.8, 4) is 11.8 Å². The molecule has 1 rings (SSSR count). The van der Waals surface area contributed by atoms with Crippen molar-refractivity contribution >= 4 is 11.9 Å². The van der Waals surface area contributed by atoms with E-state index in [2.05, 4.69) is 25.3 Å². The minimum Gasteiger partial charge on any atom is -0.462 e.